The van der Waals surface area contributed by atoms with Crippen LogP contribution in [0.5, 0.6) is 0 Å². The van der Waals surface area contributed by atoms with Crippen molar-refractivity contribution in [3.63, 3.8) is 0 Å². The van der Waals surface area contributed by atoms with Crippen molar-refractivity contribution in [2.24, 2.45) is 0 Å². The van der Waals surface area contributed by atoms with Crippen LogP contribution in [0.1, 0.15) is 17.5 Å². The normalized spacial score (nSPS) is 12.5. The summed E-state index contributed by atoms with van der Waals surface area (Å²) in [5, 5.41) is 5.19. The predicted molar refractivity (Wildman–Crippen MR) is 90.1 cm³/mol. The summed E-state index contributed by atoms with van der Waals surface area (Å²) in [6.07, 6.45) is -2.17. The number of carbonyl (C=O) groups excluding carboxylic acids is 2. The summed E-state index contributed by atoms with van der Waals surface area (Å²) in [6, 6.07) is 4.39. The predicted octanol–water partition coefficient (Wildman–Crippen LogP) is 2.21. The van der Waals surface area contributed by atoms with Crippen LogP contribution in [0, 0.1) is 0 Å². The highest BCUT2D eigenvalue weighted by molar-refractivity contribution is 7.98. The Morgan fingerprint density at radius 3 is 2.56 bits per heavy atom. The molecule has 0 aromatic heterocycles. The van der Waals surface area contributed by atoms with Gasteiger partial charge in [0.2, 0.25) is 5.91 Å². The Morgan fingerprint density at radius 2 is 1.96 bits per heavy atom. The van der Waals surface area contributed by atoms with Crippen LogP contribution in [-0.2, 0) is 27.0 Å². The number of rotatable bonds is 9. The van der Waals surface area contributed by atoms with Gasteiger partial charge in [-0.05, 0) is 30.1 Å². The molecule has 0 saturated carbocycles. The van der Waals surface area contributed by atoms with Crippen LogP contribution in [0.4, 0.5) is 13.2 Å². The molecule has 140 valence electrons. The van der Waals surface area contributed by atoms with Gasteiger partial charge in [-0.1, -0.05) is 18.2 Å². The van der Waals surface area contributed by atoms with Gasteiger partial charge in [-0.2, -0.15) is 24.9 Å². The molecular formula is C16H21F3N2O3S. The smallest absolute Gasteiger partial charge is 0.416 e. The lowest BCUT2D eigenvalue weighted by Gasteiger charge is -2.17. The Bertz CT molecular complexity index is 582. The summed E-state index contributed by atoms with van der Waals surface area (Å²) in [5.74, 6) is -0.377. The van der Waals surface area contributed by atoms with E-state index in [1.54, 1.807) is 0 Å². The van der Waals surface area contributed by atoms with Gasteiger partial charge in [0.15, 0.2) is 0 Å². The lowest BCUT2D eigenvalue weighted by Crippen LogP contribution is -2.45. The molecule has 0 spiro atoms. The van der Waals surface area contributed by atoms with E-state index in [2.05, 4.69) is 15.4 Å². The number of amides is 1. The molecule has 1 amide bonds. The molecule has 2 N–H and O–H groups in total. The zero-order valence-electron chi connectivity index (χ0n) is 14.0. The maximum atomic E-state index is 12.9. The summed E-state index contributed by atoms with van der Waals surface area (Å²) < 4.78 is 43.3. The fraction of sp³-hybridized carbons (Fsp3) is 0.500. The van der Waals surface area contributed by atoms with Crippen molar-refractivity contribution < 1.29 is 27.5 Å². The number of ether oxygens (including phenoxy) is 1. The van der Waals surface area contributed by atoms with Crippen LogP contribution in [-0.4, -0.2) is 43.6 Å². The second-order valence-corrected chi connectivity index (χ2v) is 6.17. The first-order valence-electron chi connectivity index (χ1n) is 7.51. The Morgan fingerprint density at radius 1 is 1.28 bits per heavy atom. The van der Waals surface area contributed by atoms with E-state index in [0.29, 0.717) is 12.2 Å². The molecule has 0 bridgehead atoms. The van der Waals surface area contributed by atoms with Crippen molar-refractivity contribution >= 4 is 23.6 Å². The maximum Gasteiger partial charge on any atom is 0.416 e. The average molecular weight is 378 g/mol. The third-order valence-electron chi connectivity index (χ3n) is 3.36. The summed E-state index contributed by atoms with van der Waals surface area (Å²) in [6.45, 7) is -0.324. The summed E-state index contributed by atoms with van der Waals surface area (Å²) in [5.41, 5.74) is -0.690. The highest BCUT2D eigenvalue weighted by atomic mass is 32.2. The first-order valence-corrected chi connectivity index (χ1v) is 8.91. The third kappa shape index (κ3) is 7.35. The minimum absolute atomic E-state index is 0.0506. The van der Waals surface area contributed by atoms with Crippen LogP contribution >= 0.6 is 11.8 Å². The lowest BCUT2D eigenvalue weighted by molar-refractivity contribution is -0.145. The van der Waals surface area contributed by atoms with E-state index in [0.717, 1.165) is 6.07 Å². The topological polar surface area (TPSA) is 67.4 Å². The number of hydrogen-bond acceptors (Lipinski definition) is 5. The first kappa shape index (κ1) is 21.3. The molecule has 0 unspecified atom stereocenters. The number of hydrogen-bond donors (Lipinski definition) is 2. The summed E-state index contributed by atoms with van der Waals surface area (Å²) >= 11 is 1.52. The fourth-order valence-electron chi connectivity index (χ4n) is 2.13. The van der Waals surface area contributed by atoms with Gasteiger partial charge in [0, 0.05) is 6.54 Å². The van der Waals surface area contributed by atoms with Gasteiger partial charge >= 0.3 is 12.1 Å². The molecule has 0 saturated heterocycles. The van der Waals surface area contributed by atoms with Gasteiger partial charge in [0.1, 0.15) is 6.04 Å². The molecule has 5 nitrogen and oxygen atoms in total. The number of thioether (sulfide) groups is 1. The number of benzene rings is 1. The molecule has 0 heterocycles. The van der Waals surface area contributed by atoms with Crippen molar-refractivity contribution in [1.29, 1.82) is 0 Å². The van der Waals surface area contributed by atoms with Crippen LogP contribution in [0.15, 0.2) is 24.3 Å². The number of esters is 1. The molecule has 1 rings (SSSR count). The van der Waals surface area contributed by atoms with Crippen molar-refractivity contribution in [1.82, 2.24) is 10.6 Å². The van der Waals surface area contributed by atoms with Crippen molar-refractivity contribution in [2.75, 3.05) is 25.7 Å². The van der Waals surface area contributed by atoms with Crippen molar-refractivity contribution in [2.45, 2.75) is 25.2 Å². The van der Waals surface area contributed by atoms with Gasteiger partial charge in [-0.25, -0.2) is 4.79 Å². The standard InChI is InChI=1S/C16H21F3N2O3S/c1-24-15(23)13(7-8-25-2)21-14(22)10-20-9-11-5-3-4-6-12(11)16(17,18)19/h3-6,13,20H,7-10H2,1-2H3,(H,21,22)/t13-/m0/s1. The summed E-state index contributed by atoms with van der Waals surface area (Å²) in [4.78, 5) is 23.5. The molecule has 1 aromatic carbocycles. The van der Waals surface area contributed by atoms with Gasteiger partial charge in [-0.15, -0.1) is 0 Å². The zero-order chi connectivity index (χ0) is 18.9. The molecule has 0 radical (unpaired) electrons. The number of alkyl halides is 3. The molecule has 1 atom stereocenters. The minimum Gasteiger partial charge on any atom is -0.467 e. The third-order valence-corrected chi connectivity index (χ3v) is 4.00. The van der Waals surface area contributed by atoms with Gasteiger partial charge in [-0.3, -0.25) is 4.79 Å². The van der Waals surface area contributed by atoms with Gasteiger partial charge in [0.05, 0.1) is 19.2 Å². The monoisotopic (exact) mass is 378 g/mol. The molecule has 0 aliphatic carbocycles. The molecule has 0 aliphatic heterocycles. The van der Waals surface area contributed by atoms with Crippen molar-refractivity contribution in [3.05, 3.63) is 35.4 Å². The van der Waals surface area contributed by atoms with Crippen LogP contribution in [0.2, 0.25) is 0 Å². The number of halogens is 3. The zero-order valence-corrected chi connectivity index (χ0v) is 14.8. The molecule has 1 aromatic rings. The number of nitrogens with one attached hydrogen (secondary N) is 2. The van der Waals surface area contributed by atoms with E-state index in [1.807, 2.05) is 6.26 Å². The molecule has 0 fully saturated rings. The quantitative estimate of drug-likeness (QED) is 0.645. The molecule has 0 aliphatic rings. The highest BCUT2D eigenvalue weighted by Gasteiger charge is 2.32. The van der Waals surface area contributed by atoms with Crippen molar-refractivity contribution in [3.8, 4) is 0 Å². The largest absolute Gasteiger partial charge is 0.467 e. The Balaban J connectivity index is 2.55. The number of methoxy groups -OCH3 is 1. The van der Waals surface area contributed by atoms with E-state index in [-0.39, 0.29) is 18.7 Å². The maximum absolute atomic E-state index is 12.9. The number of carbonyl (C=O) groups is 2. The fourth-order valence-corrected chi connectivity index (χ4v) is 2.61. The van der Waals surface area contributed by atoms with E-state index in [1.165, 1.54) is 37.1 Å². The first-order chi connectivity index (χ1) is 11.8. The molecular weight excluding hydrogens is 357 g/mol. The Kier molecular flexibility index (Phi) is 8.77. The SMILES string of the molecule is COC(=O)[C@H](CCSC)NC(=O)CNCc1ccccc1C(F)(F)F. The van der Waals surface area contributed by atoms with Gasteiger partial charge in [0.25, 0.3) is 0 Å². The average Bonchev–Trinajstić information content (AvgIpc) is 2.57. The van der Waals surface area contributed by atoms with Crippen LogP contribution in [0.25, 0.3) is 0 Å². The van der Waals surface area contributed by atoms with E-state index >= 15 is 0 Å². The second kappa shape index (κ2) is 10.3. The Labute approximate surface area is 148 Å². The van der Waals surface area contributed by atoms with Gasteiger partial charge < -0.3 is 15.4 Å². The molecule has 9 heteroatoms. The molecule has 25 heavy (non-hydrogen) atoms. The van der Waals surface area contributed by atoms with Crippen LogP contribution < -0.4 is 10.6 Å². The van der Waals surface area contributed by atoms with E-state index < -0.39 is 29.7 Å². The Hall–Kier alpha value is -1.74. The summed E-state index contributed by atoms with van der Waals surface area (Å²) in [7, 11) is 1.23. The van der Waals surface area contributed by atoms with E-state index in [9.17, 15) is 22.8 Å². The van der Waals surface area contributed by atoms with E-state index in [4.69, 9.17) is 0 Å². The second-order valence-electron chi connectivity index (χ2n) is 5.18. The lowest BCUT2D eigenvalue weighted by atomic mass is 10.1. The minimum atomic E-state index is -4.45. The highest BCUT2D eigenvalue weighted by Crippen LogP contribution is 2.31. The van der Waals surface area contributed by atoms with Crippen LogP contribution in [0.3, 0.4) is 0 Å².